The molecule has 1 heterocycles. The number of hydrogen-bond acceptors (Lipinski definition) is 2. The number of halogens is 1. The molecule has 1 saturated heterocycles. The molecule has 2 nitrogen and oxygen atoms in total. The number of nitrogens with one attached hydrogen (secondary N) is 1. The van der Waals surface area contributed by atoms with Crippen LogP contribution in [-0.2, 0) is 0 Å². The third kappa shape index (κ3) is 2.92. The second kappa shape index (κ2) is 6.38. The largest absolute Gasteiger partial charge is 0.388 e. The Morgan fingerprint density at radius 1 is 1.00 bits per heavy atom. The van der Waals surface area contributed by atoms with Crippen molar-refractivity contribution in [2.45, 2.75) is 18.9 Å². The van der Waals surface area contributed by atoms with Gasteiger partial charge in [-0.05, 0) is 48.2 Å². The van der Waals surface area contributed by atoms with E-state index in [0.717, 1.165) is 31.5 Å². The molecule has 2 aromatic rings. The van der Waals surface area contributed by atoms with Crippen LogP contribution in [-0.4, -0.2) is 18.2 Å². The number of aliphatic hydroxyl groups is 1. The minimum absolute atomic E-state index is 0. The highest BCUT2D eigenvalue weighted by Gasteiger charge is 2.23. The van der Waals surface area contributed by atoms with Gasteiger partial charge in [0.1, 0.15) is 0 Å². The van der Waals surface area contributed by atoms with Crippen molar-refractivity contribution < 1.29 is 5.11 Å². The van der Waals surface area contributed by atoms with Crippen molar-refractivity contribution in [3.05, 3.63) is 48.0 Å². The molecule has 19 heavy (non-hydrogen) atoms. The maximum absolute atomic E-state index is 10.6. The average molecular weight is 278 g/mol. The summed E-state index contributed by atoms with van der Waals surface area (Å²) in [6.07, 6.45) is 1.78. The maximum Gasteiger partial charge on any atom is 0.0825 e. The first-order chi connectivity index (χ1) is 8.86. The molecule has 1 aliphatic rings. The van der Waals surface area contributed by atoms with Crippen LogP contribution < -0.4 is 5.32 Å². The number of benzene rings is 2. The number of hydrogen-bond donors (Lipinski definition) is 2. The van der Waals surface area contributed by atoms with Gasteiger partial charge in [0.15, 0.2) is 0 Å². The molecule has 1 atom stereocenters. The van der Waals surface area contributed by atoms with Gasteiger partial charge in [-0.15, -0.1) is 12.4 Å². The van der Waals surface area contributed by atoms with E-state index in [1.165, 1.54) is 10.8 Å². The summed E-state index contributed by atoms with van der Waals surface area (Å²) < 4.78 is 0. The highest BCUT2D eigenvalue weighted by Crippen LogP contribution is 2.32. The van der Waals surface area contributed by atoms with Crippen LogP contribution in [0.25, 0.3) is 10.8 Å². The molecular formula is C16H20ClNO. The molecule has 1 unspecified atom stereocenters. The van der Waals surface area contributed by atoms with Crippen LogP contribution in [0.5, 0.6) is 0 Å². The number of rotatable bonds is 2. The van der Waals surface area contributed by atoms with Crippen LogP contribution in [0, 0.1) is 5.92 Å². The van der Waals surface area contributed by atoms with Crippen molar-refractivity contribution in [2.75, 3.05) is 13.1 Å². The van der Waals surface area contributed by atoms with E-state index >= 15 is 0 Å². The summed E-state index contributed by atoms with van der Waals surface area (Å²) in [4.78, 5) is 0. The second-order valence-electron chi connectivity index (χ2n) is 5.10. The van der Waals surface area contributed by atoms with Gasteiger partial charge in [0.25, 0.3) is 0 Å². The predicted octanol–water partition coefficient (Wildman–Crippen LogP) is 3.29. The van der Waals surface area contributed by atoms with E-state index in [1.54, 1.807) is 0 Å². The second-order valence-corrected chi connectivity index (χ2v) is 5.10. The maximum atomic E-state index is 10.6. The zero-order valence-corrected chi connectivity index (χ0v) is 11.7. The van der Waals surface area contributed by atoms with Crippen LogP contribution in [0.1, 0.15) is 24.5 Å². The minimum atomic E-state index is -0.335. The van der Waals surface area contributed by atoms with Gasteiger partial charge < -0.3 is 10.4 Å². The van der Waals surface area contributed by atoms with E-state index in [1.807, 2.05) is 18.2 Å². The minimum Gasteiger partial charge on any atom is -0.388 e. The van der Waals surface area contributed by atoms with Gasteiger partial charge in [-0.3, -0.25) is 0 Å². The number of fused-ring (bicyclic) bond motifs is 1. The summed E-state index contributed by atoms with van der Waals surface area (Å²) in [5.74, 6) is 0.386. The lowest BCUT2D eigenvalue weighted by molar-refractivity contribution is 0.0902. The molecule has 3 rings (SSSR count). The summed E-state index contributed by atoms with van der Waals surface area (Å²) in [5.41, 5.74) is 1.08. The monoisotopic (exact) mass is 277 g/mol. The standard InChI is InChI=1S/C16H19NO.ClH/c18-16(13-8-10-17-11-9-13)15-7-3-5-12-4-1-2-6-14(12)15;/h1-7,13,16-18H,8-11H2;1H. The molecule has 0 spiro atoms. The first-order valence-electron chi connectivity index (χ1n) is 6.73. The highest BCUT2D eigenvalue weighted by atomic mass is 35.5. The molecule has 1 fully saturated rings. The van der Waals surface area contributed by atoms with E-state index in [-0.39, 0.29) is 18.5 Å². The lowest BCUT2D eigenvalue weighted by Gasteiger charge is -2.28. The van der Waals surface area contributed by atoms with Crippen LogP contribution in [0.15, 0.2) is 42.5 Å². The van der Waals surface area contributed by atoms with Crippen LogP contribution in [0.3, 0.4) is 0 Å². The zero-order valence-electron chi connectivity index (χ0n) is 10.9. The fraction of sp³-hybridized carbons (Fsp3) is 0.375. The van der Waals surface area contributed by atoms with Crippen molar-refractivity contribution in [1.82, 2.24) is 5.32 Å². The van der Waals surface area contributed by atoms with Crippen molar-refractivity contribution in [2.24, 2.45) is 5.92 Å². The molecule has 0 aromatic heterocycles. The van der Waals surface area contributed by atoms with Crippen LogP contribution in [0.4, 0.5) is 0 Å². The van der Waals surface area contributed by atoms with Crippen molar-refractivity contribution >= 4 is 23.2 Å². The smallest absolute Gasteiger partial charge is 0.0825 e. The SMILES string of the molecule is Cl.OC(c1cccc2ccccc12)C1CCNCC1. The predicted molar refractivity (Wildman–Crippen MR) is 81.7 cm³/mol. The van der Waals surface area contributed by atoms with E-state index in [0.29, 0.717) is 5.92 Å². The van der Waals surface area contributed by atoms with Crippen molar-refractivity contribution in [1.29, 1.82) is 0 Å². The van der Waals surface area contributed by atoms with Gasteiger partial charge in [-0.25, -0.2) is 0 Å². The van der Waals surface area contributed by atoms with E-state index in [9.17, 15) is 5.11 Å². The normalized spacial score (nSPS) is 17.9. The lowest BCUT2D eigenvalue weighted by atomic mass is 9.86. The summed E-state index contributed by atoms with van der Waals surface area (Å²) in [7, 11) is 0. The van der Waals surface area contributed by atoms with E-state index < -0.39 is 0 Å². The average Bonchev–Trinajstić information content (AvgIpc) is 2.47. The number of piperidine rings is 1. The molecule has 0 bridgehead atoms. The van der Waals surface area contributed by atoms with Gasteiger partial charge in [-0.2, -0.15) is 0 Å². The van der Waals surface area contributed by atoms with Crippen molar-refractivity contribution in [3.8, 4) is 0 Å². The molecule has 1 aliphatic heterocycles. The van der Waals surface area contributed by atoms with Crippen LogP contribution >= 0.6 is 12.4 Å². The van der Waals surface area contributed by atoms with Crippen molar-refractivity contribution in [3.63, 3.8) is 0 Å². The van der Waals surface area contributed by atoms with Gasteiger partial charge in [0, 0.05) is 0 Å². The zero-order chi connectivity index (χ0) is 12.4. The fourth-order valence-corrected chi connectivity index (χ4v) is 2.92. The molecule has 0 radical (unpaired) electrons. The van der Waals surface area contributed by atoms with Gasteiger partial charge in [-0.1, -0.05) is 42.5 Å². The Hall–Kier alpha value is -1.09. The van der Waals surface area contributed by atoms with Gasteiger partial charge in [0.2, 0.25) is 0 Å². The number of aliphatic hydroxyl groups excluding tert-OH is 1. The molecule has 2 N–H and O–H groups in total. The summed E-state index contributed by atoms with van der Waals surface area (Å²) in [6, 6.07) is 14.5. The topological polar surface area (TPSA) is 32.3 Å². The Kier molecular flexibility index (Phi) is 4.81. The highest BCUT2D eigenvalue weighted by molar-refractivity contribution is 5.86. The molecule has 0 amide bonds. The molecule has 0 aliphatic carbocycles. The molecule has 2 aromatic carbocycles. The molecular weight excluding hydrogens is 258 g/mol. The Bertz CT molecular complexity index is 532. The van der Waals surface area contributed by atoms with Gasteiger partial charge >= 0.3 is 0 Å². The Morgan fingerprint density at radius 2 is 1.68 bits per heavy atom. The van der Waals surface area contributed by atoms with E-state index in [2.05, 4.69) is 29.6 Å². The van der Waals surface area contributed by atoms with Gasteiger partial charge in [0.05, 0.1) is 6.10 Å². The first-order valence-corrected chi connectivity index (χ1v) is 6.73. The summed E-state index contributed by atoms with van der Waals surface area (Å²) >= 11 is 0. The molecule has 0 saturated carbocycles. The summed E-state index contributed by atoms with van der Waals surface area (Å²) in [5, 5.41) is 16.4. The van der Waals surface area contributed by atoms with E-state index in [4.69, 9.17) is 0 Å². The Labute approximate surface area is 120 Å². The Balaban J connectivity index is 0.00000133. The quantitative estimate of drug-likeness (QED) is 0.883. The molecule has 102 valence electrons. The third-order valence-electron chi connectivity index (χ3n) is 3.97. The summed E-state index contributed by atoms with van der Waals surface area (Å²) in [6.45, 7) is 2.04. The fourth-order valence-electron chi connectivity index (χ4n) is 2.92. The third-order valence-corrected chi connectivity index (χ3v) is 3.97. The Morgan fingerprint density at radius 3 is 2.47 bits per heavy atom. The lowest BCUT2D eigenvalue weighted by Crippen LogP contribution is -2.30. The van der Waals surface area contributed by atoms with Crippen LogP contribution in [0.2, 0.25) is 0 Å². The molecule has 3 heteroatoms. The first kappa shape index (κ1) is 14.3.